The molecule has 0 saturated carbocycles. The van der Waals surface area contributed by atoms with Crippen LogP contribution >= 0.6 is 23.4 Å². The first-order chi connectivity index (χ1) is 15.6. The van der Waals surface area contributed by atoms with Crippen LogP contribution in [0.5, 0.6) is 0 Å². The molecule has 2 aromatic carbocycles. The predicted octanol–water partition coefficient (Wildman–Crippen LogP) is 2.97. The van der Waals surface area contributed by atoms with Crippen molar-refractivity contribution < 1.29 is 9.53 Å². The highest BCUT2D eigenvalue weighted by molar-refractivity contribution is 7.99. The van der Waals surface area contributed by atoms with Gasteiger partial charge in [-0.2, -0.15) is 0 Å². The van der Waals surface area contributed by atoms with Gasteiger partial charge in [0, 0.05) is 24.7 Å². The topological polar surface area (TPSA) is 76.5 Å². The van der Waals surface area contributed by atoms with Crippen molar-refractivity contribution in [2.45, 2.75) is 11.6 Å². The summed E-state index contributed by atoms with van der Waals surface area (Å²) in [6, 6.07) is 14.2. The maximum atomic E-state index is 13.2. The lowest BCUT2D eigenvalue weighted by atomic mass is 10.2. The lowest BCUT2D eigenvalue weighted by molar-refractivity contribution is -0.118. The first kappa shape index (κ1) is 22.8. The molecule has 9 heteroatoms. The molecule has 4 rings (SSSR count). The smallest absolute Gasteiger partial charge is 0.266 e. The molecular formula is C23H25ClN4O3S. The van der Waals surface area contributed by atoms with Crippen LogP contribution in [0.15, 0.2) is 58.5 Å². The van der Waals surface area contributed by atoms with E-state index >= 15 is 0 Å². The molecule has 1 aliphatic heterocycles. The van der Waals surface area contributed by atoms with Crippen molar-refractivity contribution in [3.63, 3.8) is 0 Å². The van der Waals surface area contributed by atoms with Crippen molar-refractivity contribution in [3.05, 3.63) is 63.9 Å². The SMILES string of the molecule is O=C(CSc1nc2ccccc2c(=O)n1-c1ccc(Cl)cc1)NCCCN1CCOCC1. The molecule has 0 spiro atoms. The number of carbonyl (C=O) groups excluding carboxylic acids is 1. The number of morpholine rings is 1. The molecule has 1 amide bonds. The lowest BCUT2D eigenvalue weighted by Crippen LogP contribution is -2.38. The highest BCUT2D eigenvalue weighted by atomic mass is 35.5. The maximum absolute atomic E-state index is 13.2. The average Bonchev–Trinajstić information content (AvgIpc) is 2.82. The van der Waals surface area contributed by atoms with E-state index in [1.807, 2.05) is 12.1 Å². The number of amides is 1. The number of hydrogen-bond acceptors (Lipinski definition) is 6. The van der Waals surface area contributed by atoms with E-state index in [0.717, 1.165) is 39.3 Å². The minimum absolute atomic E-state index is 0.0814. The van der Waals surface area contributed by atoms with Crippen molar-refractivity contribution in [1.29, 1.82) is 0 Å². The fourth-order valence-corrected chi connectivity index (χ4v) is 4.53. The number of thioether (sulfide) groups is 1. The van der Waals surface area contributed by atoms with E-state index in [0.29, 0.717) is 33.3 Å². The molecule has 0 aliphatic carbocycles. The molecule has 1 fully saturated rings. The summed E-state index contributed by atoms with van der Waals surface area (Å²) in [7, 11) is 0. The third-order valence-electron chi connectivity index (χ3n) is 5.24. The van der Waals surface area contributed by atoms with Crippen LogP contribution < -0.4 is 10.9 Å². The number of hydrogen-bond donors (Lipinski definition) is 1. The van der Waals surface area contributed by atoms with Crippen LogP contribution in [0.25, 0.3) is 16.6 Å². The van der Waals surface area contributed by atoms with Gasteiger partial charge in [0.2, 0.25) is 5.91 Å². The van der Waals surface area contributed by atoms with Gasteiger partial charge in [-0.15, -0.1) is 0 Å². The largest absolute Gasteiger partial charge is 0.379 e. The second-order valence-electron chi connectivity index (χ2n) is 7.47. The van der Waals surface area contributed by atoms with E-state index in [4.69, 9.17) is 16.3 Å². The molecule has 0 unspecified atom stereocenters. The molecule has 0 bridgehead atoms. The summed E-state index contributed by atoms with van der Waals surface area (Å²) >= 11 is 7.27. The van der Waals surface area contributed by atoms with Gasteiger partial charge in [-0.3, -0.25) is 19.1 Å². The van der Waals surface area contributed by atoms with Crippen LogP contribution in [0.2, 0.25) is 5.02 Å². The Morgan fingerprint density at radius 1 is 1.12 bits per heavy atom. The molecule has 1 aliphatic rings. The van der Waals surface area contributed by atoms with Gasteiger partial charge >= 0.3 is 0 Å². The maximum Gasteiger partial charge on any atom is 0.266 e. The van der Waals surface area contributed by atoms with Crippen LogP contribution in [-0.2, 0) is 9.53 Å². The number of carbonyl (C=O) groups is 1. The Bertz CT molecular complexity index is 1130. The van der Waals surface area contributed by atoms with E-state index in [-0.39, 0.29) is 17.2 Å². The van der Waals surface area contributed by atoms with Crippen LogP contribution in [0, 0.1) is 0 Å². The Morgan fingerprint density at radius 2 is 1.88 bits per heavy atom. The Hall–Kier alpha value is -2.39. The van der Waals surface area contributed by atoms with E-state index in [1.54, 1.807) is 36.4 Å². The van der Waals surface area contributed by atoms with Crippen molar-refractivity contribution in [2.75, 3.05) is 45.1 Å². The third kappa shape index (κ3) is 5.69. The second kappa shape index (κ2) is 11.0. The van der Waals surface area contributed by atoms with E-state index in [9.17, 15) is 9.59 Å². The average molecular weight is 473 g/mol. The molecule has 1 saturated heterocycles. The Labute approximate surface area is 195 Å². The van der Waals surface area contributed by atoms with Gasteiger partial charge in [0.1, 0.15) is 0 Å². The first-order valence-corrected chi connectivity index (χ1v) is 12.0. The van der Waals surface area contributed by atoms with Gasteiger partial charge < -0.3 is 10.1 Å². The molecule has 0 radical (unpaired) electrons. The summed E-state index contributed by atoms with van der Waals surface area (Å²) in [6.45, 7) is 5.00. The molecule has 168 valence electrons. The van der Waals surface area contributed by atoms with Gasteiger partial charge in [-0.05, 0) is 49.4 Å². The van der Waals surface area contributed by atoms with Gasteiger partial charge in [0.05, 0.1) is 35.6 Å². The van der Waals surface area contributed by atoms with E-state index in [2.05, 4.69) is 15.2 Å². The van der Waals surface area contributed by atoms with Crippen LogP contribution in [-0.4, -0.2) is 65.5 Å². The van der Waals surface area contributed by atoms with Crippen molar-refractivity contribution >= 4 is 40.2 Å². The number of nitrogens with one attached hydrogen (secondary N) is 1. The monoisotopic (exact) mass is 472 g/mol. The summed E-state index contributed by atoms with van der Waals surface area (Å²) < 4.78 is 6.89. The fraction of sp³-hybridized carbons (Fsp3) is 0.348. The summed E-state index contributed by atoms with van der Waals surface area (Å²) in [5.41, 5.74) is 1.09. The second-order valence-corrected chi connectivity index (χ2v) is 8.85. The highest BCUT2D eigenvalue weighted by Gasteiger charge is 2.15. The minimum atomic E-state index is -0.175. The molecule has 2 heterocycles. The first-order valence-electron chi connectivity index (χ1n) is 10.6. The predicted molar refractivity (Wildman–Crippen MR) is 128 cm³/mol. The van der Waals surface area contributed by atoms with E-state index in [1.165, 1.54) is 16.3 Å². The van der Waals surface area contributed by atoms with Crippen LogP contribution in [0.4, 0.5) is 0 Å². The molecule has 32 heavy (non-hydrogen) atoms. The number of halogens is 1. The number of para-hydroxylation sites is 1. The molecule has 1 aromatic heterocycles. The van der Waals surface area contributed by atoms with Crippen molar-refractivity contribution in [2.24, 2.45) is 0 Å². The highest BCUT2D eigenvalue weighted by Crippen LogP contribution is 2.22. The third-order valence-corrected chi connectivity index (χ3v) is 6.43. The number of benzene rings is 2. The summed E-state index contributed by atoms with van der Waals surface area (Å²) in [5.74, 6) is 0.0951. The quantitative estimate of drug-likeness (QED) is 0.308. The number of ether oxygens (including phenoxy) is 1. The van der Waals surface area contributed by atoms with Gasteiger partial charge in [-0.1, -0.05) is 35.5 Å². The number of rotatable bonds is 8. The minimum Gasteiger partial charge on any atom is -0.379 e. The van der Waals surface area contributed by atoms with Crippen molar-refractivity contribution in [3.8, 4) is 5.69 Å². The zero-order chi connectivity index (χ0) is 22.3. The number of nitrogens with zero attached hydrogens (tertiary/aromatic N) is 3. The van der Waals surface area contributed by atoms with Crippen LogP contribution in [0.3, 0.4) is 0 Å². The van der Waals surface area contributed by atoms with E-state index < -0.39 is 0 Å². The Balaban J connectivity index is 1.43. The standard InChI is InChI=1S/C23H25ClN4O3S/c24-17-6-8-18(9-7-17)28-22(30)19-4-1-2-5-20(19)26-23(28)32-16-21(29)25-10-3-11-27-12-14-31-15-13-27/h1-2,4-9H,3,10-16H2,(H,25,29). The zero-order valence-electron chi connectivity index (χ0n) is 17.6. The molecule has 7 nitrogen and oxygen atoms in total. The lowest BCUT2D eigenvalue weighted by Gasteiger charge is -2.26. The van der Waals surface area contributed by atoms with Gasteiger partial charge in [-0.25, -0.2) is 4.98 Å². The molecule has 3 aromatic rings. The summed E-state index contributed by atoms with van der Waals surface area (Å²) in [4.78, 5) is 32.6. The Morgan fingerprint density at radius 3 is 2.66 bits per heavy atom. The number of aromatic nitrogens is 2. The van der Waals surface area contributed by atoms with Gasteiger partial charge in [0.25, 0.3) is 5.56 Å². The summed E-state index contributed by atoms with van der Waals surface area (Å²) in [5, 5.41) is 4.54. The molecule has 0 atom stereocenters. The molecular weight excluding hydrogens is 448 g/mol. The van der Waals surface area contributed by atoms with Crippen molar-refractivity contribution in [1.82, 2.24) is 19.8 Å². The normalized spacial score (nSPS) is 14.5. The molecule has 1 N–H and O–H groups in total. The zero-order valence-corrected chi connectivity index (χ0v) is 19.2. The Kier molecular flexibility index (Phi) is 7.81. The van der Waals surface area contributed by atoms with Gasteiger partial charge in [0.15, 0.2) is 5.16 Å². The fourth-order valence-electron chi connectivity index (χ4n) is 3.56. The number of fused-ring (bicyclic) bond motifs is 1. The summed E-state index contributed by atoms with van der Waals surface area (Å²) in [6.07, 6.45) is 0.889. The van der Waals surface area contributed by atoms with Crippen LogP contribution in [0.1, 0.15) is 6.42 Å².